The molecule has 0 atom stereocenters. The summed E-state index contributed by atoms with van der Waals surface area (Å²) in [6.07, 6.45) is 0.721. The number of hydrogen-bond acceptors (Lipinski definition) is 5. The molecule has 24 heavy (non-hydrogen) atoms. The van der Waals surface area contributed by atoms with Crippen LogP contribution in [0.2, 0.25) is 0 Å². The Morgan fingerprint density at radius 2 is 2.25 bits per heavy atom. The summed E-state index contributed by atoms with van der Waals surface area (Å²) in [6, 6.07) is 0. The van der Waals surface area contributed by atoms with Crippen molar-refractivity contribution in [2.24, 2.45) is 4.99 Å². The van der Waals surface area contributed by atoms with Crippen molar-refractivity contribution in [3.05, 3.63) is 16.1 Å². The van der Waals surface area contributed by atoms with Gasteiger partial charge in [-0.1, -0.05) is 13.8 Å². The predicted molar refractivity (Wildman–Crippen MR) is 99.0 cm³/mol. The zero-order chi connectivity index (χ0) is 17.6. The largest absolute Gasteiger partial charge is 0.357 e. The van der Waals surface area contributed by atoms with Crippen molar-refractivity contribution in [2.45, 2.75) is 39.7 Å². The van der Waals surface area contributed by atoms with Crippen molar-refractivity contribution in [2.75, 3.05) is 31.9 Å². The zero-order valence-electron chi connectivity index (χ0n) is 14.6. The summed E-state index contributed by atoms with van der Waals surface area (Å²) in [4.78, 5) is 9.10. The number of guanidine groups is 1. The SMILES string of the molecule is CCNC(=NCc1nc(C(C)C)cs1)NCCN1CCCS1(=O)=O. The Morgan fingerprint density at radius 1 is 1.46 bits per heavy atom. The van der Waals surface area contributed by atoms with Gasteiger partial charge in [0, 0.05) is 31.6 Å². The molecule has 0 spiro atoms. The predicted octanol–water partition coefficient (Wildman–Crippen LogP) is 1.36. The number of nitrogens with one attached hydrogen (secondary N) is 2. The summed E-state index contributed by atoms with van der Waals surface area (Å²) < 4.78 is 25.1. The van der Waals surface area contributed by atoms with E-state index in [1.165, 1.54) is 0 Å². The van der Waals surface area contributed by atoms with Gasteiger partial charge in [-0.3, -0.25) is 0 Å². The Kier molecular flexibility index (Phi) is 7.00. The van der Waals surface area contributed by atoms with E-state index in [1.807, 2.05) is 6.92 Å². The Labute approximate surface area is 148 Å². The molecule has 1 aliphatic rings. The molecular weight excluding hydrogens is 346 g/mol. The Balaban J connectivity index is 1.86. The molecule has 0 radical (unpaired) electrons. The van der Waals surface area contributed by atoms with Gasteiger partial charge in [0.1, 0.15) is 5.01 Å². The van der Waals surface area contributed by atoms with Crippen LogP contribution in [0.25, 0.3) is 0 Å². The molecule has 0 aromatic carbocycles. The van der Waals surface area contributed by atoms with E-state index in [-0.39, 0.29) is 5.75 Å². The highest BCUT2D eigenvalue weighted by atomic mass is 32.2. The molecule has 0 saturated carbocycles. The number of aliphatic imine (C=N–C) groups is 1. The van der Waals surface area contributed by atoms with Gasteiger partial charge < -0.3 is 10.6 Å². The van der Waals surface area contributed by atoms with E-state index in [0.29, 0.717) is 38.1 Å². The van der Waals surface area contributed by atoms with Crippen molar-refractivity contribution in [1.29, 1.82) is 0 Å². The summed E-state index contributed by atoms with van der Waals surface area (Å²) in [5.74, 6) is 1.38. The van der Waals surface area contributed by atoms with E-state index in [2.05, 4.69) is 39.8 Å². The molecule has 1 fully saturated rings. The zero-order valence-corrected chi connectivity index (χ0v) is 16.2. The Hall–Kier alpha value is -1.19. The second-order valence-electron chi connectivity index (χ2n) is 6.01. The fourth-order valence-electron chi connectivity index (χ4n) is 2.39. The van der Waals surface area contributed by atoms with E-state index in [9.17, 15) is 8.42 Å². The summed E-state index contributed by atoms with van der Waals surface area (Å²) in [7, 11) is -3.03. The number of hydrogen-bond donors (Lipinski definition) is 2. The van der Waals surface area contributed by atoms with Gasteiger partial charge in [-0.2, -0.15) is 0 Å². The number of sulfonamides is 1. The third-order valence-corrected chi connectivity index (χ3v) is 6.54. The number of nitrogens with zero attached hydrogens (tertiary/aromatic N) is 3. The highest BCUT2D eigenvalue weighted by molar-refractivity contribution is 7.89. The standard InChI is InChI=1S/C15H27N5O2S2/c1-4-16-15(17-6-8-20-7-5-9-24(20,21)22)18-10-14-19-13(11-23-14)12(2)3/h11-12H,4-10H2,1-3H3,(H2,16,17,18). The molecular formula is C15H27N5O2S2. The summed E-state index contributed by atoms with van der Waals surface area (Å²) >= 11 is 1.62. The first-order chi connectivity index (χ1) is 11.4. The second-order valence-corrected chi connectivity index (χ2v) is 9.04. The Morgan fingerprint density at radius 3 is 2.83 bits per heavy atom. The van der Waals surface area contributed by atoms with Gasteiger partial charge in [0.25, 0.3) is 0 Å². The lowest BCUT2D eigenvalue weighted by molar-refractivity contribution is 0.445. The lowest BCUT2D eigenvalue weighted by Crippen LogP contribution is -2.42. The van der Waals surface area contributed by atoms with Gasteiger partial charge in [0.15, 0.2) is 5.96 Å². The van der Waals surface area contributed by atoms with E-state index >= 15 is 0 Å². The molecule has 2 rings (SSSR count). The smallest absolute Gasteiger partial charge is 0.214 e. The maximum atomic E-state index is 11.8. The highest BCUT2D eigenvalue weighted by Gasteiger charge is 2.27. The summed E-state index contributed by atoms with van der Waals surface area (Å²) in [5.41, 5.74) is 1.10. The normalized spacial score (nSPS) is 18.2. The van der Waals surface area contributed by atoms with Gasteiger partial charge in [0.05, 0.1) is 18.0 Å². The third kappa shape index (κ3) is 5.42. The summed E-state index contributed by atoms with van der Waals surface area (Å²) in [5, 5.41) is 9.43. The number of aromatic nitrogens is 1. The molecule has 2 N–H and O–H groups in total. The monoisotopic (exact) mass is 373 g/mol. The van der Waals surface area contributed by atoms with Gasteiger partial charge in [0.2, 0.25) is 10.0 Å². The average Bonchev–Trinajstić information content (AvgIpc) is 3.12. The van der Waals surface area contributed by atoms with Crippen LogP contribution in [0, 0.1) is 0 Å². The van der Waals surface area contributed by atoms with Crippen molar-refractivity contribution in [1.82, 2.24) is 19.9 Å². The molecule has 0 aliphatic carbocycles. The minimum atomic E-state index is -3.03. The van der Waals surface area contributed by atoms with Gasteiger partial charge in [-0.25, -0.2) is 22.7 Å². The van der Waals surface area contributed by atoms with E-state index < -0.39 is 10.0 Å². The first-order valence-electron chi connectivity index (χ1n) is 8.36. The molecule has 136 valence electrons. The lowest BCUT2D eigenvalue weighted by atomic mass is 10.2. The molecule has 0 unspecified atom stereocenters. The first-order valence-corrected chi connectivity index (χ1v) is 10.9. The van der Waals surface area contributed by atoms with E-state index in [0.717, 1.165) is 23.7 Å². The van der Waals surface area contributed by atoms with Crippen molar-refractivity contribution in [3.8, 4) is 0 Å². The van der Waals surface area contributed by atoms with Gasteiger partial charge in [-0.05, 0) is 19.3 Å². The fraction of sp³-hybridized carbons (Fsp3) is 0.733. The van der Waals surface area contributed by atoms with E-state index in [4.69, 9.17) is 0 Å². The van der Waals surface area contributed by atoms with E-state index in [1.54, 1.807) is 15.6 Å². The highest BCUT2D eigenvalue weighted by Crippen LogP contribution is 2.18. The lowest BCUT2D eigenvalue weighted by Gasteiger charge is -2.16. The first kappa shape index (κ1) is 19.1. The maximum absolute atomic E-state index is 11.8. The molecule has 1 aliphatic heterocycles. The van der Waals surface area contributed by atoms with Crippen LogP contribution in [0.4, 0.5) is 0 Å². The minimum absolute atomic E-state index is 0.267. The van der Waals surface area contributed by atoms with Crippen molar-refractivity contribution < 1.29 is 8.42 Å². The molecule has 0 bridgehead atoms. The molecule has 1 saturated heterocycles. The molecule has 9 heteroatoms. The van der Waals surface area contributed by atoms with Crippen LogP contribution in [-0.2, 0) is 16.6 Å². The van der Waals surface area contributed by atoms with Crippen LogP contribution in [-0.4, -0.2) is 55.6 Å². The van der Waals surface area contributed by atoms with Crippen LogP contribution < -0.4 is 10.6 Å². The quantitative estimate of drug-likeness (QED) is 0.557. The molecule has 2 heterocycles. The minimum Gasteiger partial charge on any atom is -0.357 e. The van der Waals surface area contributed by atoms with Gasteiger partial charge in [-0.15, -0.1) is 11.3 Å². The van der Waals surface area contributed by atoms with Crippen LogP contribution in [0.5, 0.6) is 0 Å². The number of rotatable bonds is 7. The third-order valence-electron chi connectivity index (χ3n) is 3.73. The number of thiazole rings is 1. The molecule has 1 aromatic rings. The van der Waals surface area contributed by atoms with Crippen LogP contribution in [0.1, 0.15) is 43.8 Å². The van der Waals surface area contributed by atoms with Gasteiger partial charge >= 0.3 is 0 Å². The average molecular weight is 374 g/mol. The summed E-state index contributed by atoms with van der Waals surface area (Å²) in [6.45, 7) is 9.16. The fourth-order valence-corrected chi connectivity index (χ4v) is 4.80. The Bertz CT molecular complexity index is 655. The second kappa shape index (κ2) is 8.77. The van der Waals surface area contributed by atoms with Crippen molar-refractivity contribution in [3.63, 3.8) is 0 Å². The maximum Gasteiger partial charge on any atom is 0.214 e. The topological polar surface area (TPSA) is 86.7 Å². The molecule has 7 nitrogen and oxygen atoms in total. The van der Waals surface area contributed by atoms with Crippen molar-refractivity contribution >= 4 is 27.3 Å². The van der Waals surface area contributed by atoms with Crippen LogP contribution >= 0.6 is 11.3 Å². The van der Waals surface area contributed by atoms with Crippen LogP contribution in [0.3, 0.4) is 0 Å². The van der Waals surface area contributed by atoms with Crippen LogP contribution in [0.15, 0.2) is 10.4 Å². The molecule has 0 amide bonds. The molecule has 1 aromatic heterocycles.